The summed E-state index contributed by atoms with van der Waals surface area (Å²) in [6.07, 6.45) is 0.0759. The van der Waals surface area contributed by atoms with E-state index < -0.39 is 5.91 Å². The van der Waals surface area contributed by atoms with Crippen LogP contribution in [-0.2, 0) is 9.63 Å². The standard InChI is InChI=1S/C7H13N3O2/c1-5(8)4-6(9)7(11)10(2)12-3/h8-9H,4H2,1-3H3. The fourth-order valence-corrected chi connectivity index (χ4v) is 0.614. The first-order valence-corrected chi connectivity index (χ1v) is 3.42. The molecule has 2 N–H and O–H groups in total. The van der Waals surface area contributed by atoms with Gasteiger partial charge in [0, 0.05) is 19.2 Å². The number of nitrogens with zero attached hydrogens (tertiary/aromatic N) is 1. The van der Waals surface area contributed by atoms with Gasteiger partial charge in [-0.25, -0.2) is 5.06 Å². The number of hydrogen-bond acceptors (Lipinski definition) is 4. The molecule has 0 fully saturated rings. The van der Waals surface area contributed by atoms with E-state index in [0.717, 1.165) is 5.06 Å². The Morgan fingerprint density at radius 1 is 1.50 bits per heavy atom. The highest BCUT2D eigenvalue weighted by Gasteiger charge is 2.14. The molecule has 0 unspecified atom stereocenters. The molecule has 0 radical (unpaired) electrons. The van der Waals surface area contributed by atoms with E-state index >= 15 is 0 Å². The summed E-state index contributed by atoms with van der Waals surface area (Å²) in [5, 5.41) is 15.3. The minimum absolute atomic E-state index is 0.0759. The maximum Gasteiger partial charge on any atom is 0.291 e. The lowest BCUT2D eigenvalue weighted by atomic mass is 10.2. The summed E-state index contributed by atoms with van der Waals surface area (Å²) in [6.45, 7) is 1.55. The minimum atomic E-state index is -0.510. The highest BCUT2D eigenvalue weighted by molar-refractivity contribution is 6.40. The molecular weight excluding hydrogens is 158 g/mol. The number of hydroxylamine groups is 2. The van der Waals surface area contributed by atoms with Crippen LogP contribution in [0.25, 0.3) is 0 Å². The molecular formula is C7H13N3O2. The molecule has 0 spiro atoms. The Kier molecular flexibility index (Phi) is 4.14. The highest BCUT2D eigenvalue weighted by Crippen LogP contribution is 1.92. The first-order chi connectivity index (χ1) is 5.49. The van der Waals surface area contributed by atoms with Crippen molar-refractivity contribution in [3.63, 3.8) is 0 Å². The first-order valence-electron chi connectivity index (χ1n) is 3.42. The zero-order chi connectivity index (χ0) is 9.72. The van der Waals surface area contributed by atoms with Gasteiger partial charge >= 0.3 is 0 Å². The van der Waals surface area contributed by atoms with Crippen molar-refractivity contribution in [3.8, 4) is 0 Å². The van der Waals surface area contributed by atoms with Crippen molar-refractivity contribution < 1.29 is 9.63 Å². The van der Waals surface area contributed by atoms with Gasteiger partial charge in [-0.3, -0.25) is 15.0 Å². The van der Waals surface area contributed by atoms with Gasteiger partial charge in [-0.05, 0) is 6.92 Å². The van der Waals surface area contributed by atoms with Crippen LogP contribution >= 0.6 is 0 Å². The molecule has 0 aromatic heterocycles. The predicted molar refractivity (Wildman–Crippen MR) is 45.5 cm³/mol. The zero-order valence-corrected chi connectivity index (χ0v) is 7.47. The monoisotopic (exact) mass is 171 g/mol. The number of hydrogen-bond donors (Lipinski definition) is 2. The molecule has 0 saturated heterocycles. The van der Waals surface area contributed by atoms with Gasteiger partial charge in [-0.2, -0.15) is 0 Å². The SMILES string of the molecule is CON(C)C(=O)C(=N)CC(C)=N. The Morgan fingerprint density at radius 3 is 2.33 bits per heavy atom. The molecule has 0 atom stereocenters. The summed E-state index contributed by atoms with van der Waals surface area (Å²) in [5.41, 5.74) is 0.157. The average molecular weight is 171 g/mol. The van der Waals surface area contributed by atoms with Crippen molar-refractivity contribution in [1.29, 1.82) is 10.8 Å². The quantitative estimate of drug-likeness (QED) is 0.476. The first kappa shape index (κ1) is 10.8. The molecule has 0 rings (SSSR count). The fraction of sp³-hybridized carbons (Fsp3) is 0.571. The third-order valence-electron chi connectivity index (χ3n) is 1.26. The van der Waals surface area contributed by atoms with Crippen molar-refractivity contribution in [2.45, 2.75) is 13.3 Å². The van der Waals surface area contributed by atoms with E-state index in [2.05, 4.69) is 4.84 Å². The van der Waals surface area contributed by atoms with Crippen LogP contribution in [0.2, 0.25) is 0 Å². The van der Waals surface area contributed by atoms with Gasteiger partial charge in [0.15, 0.2) is 0 Å². The van der Waals surface area contributed by atoms with Gasteiger partial charge in [0.25, 0.3) is 5.91 Å². The molecule has 0 aliphatic heterocycles. The lowest BCUT2D eigenvalue weighted by molar-refractivity contribution is -0.160. The third-order valence-corrected chi connectivity index (χ3v) is 1.26. The van der Waals surface area contributed by atoms with E-state index in [4.69, 9.17) is 10.8 Å². The fourth-order valence-electron chi connectivity index (χ4n) is 0.614. The Balaban J connectivity index is 4.11. The van der Waals surface area contributed by atoms with Gasteiger partial charge in [0.2, 0.25) is 0 Å². The van der Waals surface area contributed by atoms with E-state index in [0.29, 0.717) is 0 Å². The smallest absolute Gasteiger partial charge is 0.291 e. The lowest BCUT2D eigenvalue weighted by Gasteiger charge is -2.13. The summed E-state index contributed by atoms with van der Waals surface area (Å²) in [5.74, 6) is -0.510. The number of rotatable bonds is 4. The molecule has 5 nitrogen and oxygen atoms in total. The summed E-state index contributed by atoms with van der Waals surface area (Å²) >= 11 is 0. The van der Waals surface area contributed by atoms with Crippen molar-refractivity contribution in [2.24, 2.45) is 0 Å². The Morgan fingerprint density at radius 2 is 2.00 bits per heavy atom. The van der Waals surface area contributed by atoms with Gasteiger partial charge < -0.3 is 5.41 Å². The van der Waals surface area contributed by atoms with Crippen molar-refractivity contribution in [1.82, 2.24) is 5.06 Å². The second kappa shape index (κ2) is 4.61. The highest BCUT2D eigenvalue weighted by atomic mass is 16.7. The van der Waals surface area contributed by atoms with E-state index in [-0.39, 0.29) is 17.8 Å². The largest absolute Gasteiger partial charge is 0.310 e. The van der Waals surface area contributed by atoms with Crippen LogP contribution in [0.5, 0.6) is 0 Å². The Labute approximate surface area is 71.3 Å². The second-order valence-corrected chi connectivity index (χ2v) is 2.42. The second-order valence-electron chi connectivity index (χ2n) is 2.42. The maximum absolute atomic E-state index is 11.1. The number of carbonyl (C=O) groups excluding carboxylic acids is 1. The zero-order valence-electron chi connectivity index (χ0n) is 7.47. The molecule has 0 saturated carbocycles. The van der Waals surface area contributed by atoms with Crippen LogP contribution in [0.15, 0.2) is 0 Å². The number of amides is 1. The topological polar surface area (TPSA) is 77.2 Å². The van der Waals surface area contributed by atoms with E-state index in [9.17, 15) is 4.79 Å². The molecule has 0 aromatic rings. The van der Waals surface area contributed by atoms with Crippen molar-refractivity contribution >= 4 is 17.3 Å². The molecule has 68 valence electrons. The molecule has 0 heterocycles. The van der Waals surface area contributed by atoms with E-state index in [1.807, 2.05) is 0 Å². The van der Waals surface area contributed by atoms with Crippen LogP contribution in [0.1, 0.15) is 13.3 Å². The lowest BCUT2D eigenvalue weighted by Crippen LogP contribution is -2.32. The van der Waals surface area contributed by atoms with Gasteiger partial charge in [0.1, 0.15) is 5.71 Å². The van der Waals surface area contributed by atoms with Crippen LogP contribution in [0.4, 0.5) is 0 Å². The summed E-state index contributed by atoms with van der Waals surface area (Å²) in [4.78, 5) is 15.7. The molecule has 0 aromatic carbocycles. The van der Waals surface area contributed by atoms with Crippen LogP contribution < -0.4 is 0 Å². The average Bonchev–Trinajstić information content (AvgIpc) is 2.00. The Hall–Kier alpha value is -1.23. The maximum atomic E-state index is 11.1. The van der Waals surface area contributed by atoms with Crippen LogP contribution in [0.3, 0.4) is 0 Å². The number of nitrogens with one attached hydrogen (secondary N) is 2. The van der Waals surface area contributed by atoms with Gasteiger partial charge in [-0.15, -0.1) is 0 Å². The minimum Gasteiger partial charge on any atom is -0.310 e. The third kappa shape index (κ3) is 3.25. The molecule has 1 amide bonds. The van der Waals surface area contributed by atoms with E-state index in [1.54, 1.807) is 6.92 Å². The van der Waals surface area contributed by atoms with Crippen LogP contribution in [0, 0.1) is 10.8 Å². The van der Waals surface area contributed by atoms with Crippen molar-refractivity contribution in [2.75, 3.05) is 14.2 Å². The van der Waals surface area contributed by atoms with E-state index in [1.165, 1.54) is 14.2 Å². The summed E-state index contributed by atoms with van der Waals surface area (Å²) in [6, 6.07) is 0. The Bertz CT molecular complexity index is 213. The van der Waals surface area contributed by atoms with Crippen molar-refractivity contribution in [3.05, 3.63) is 0 Å². The van der Waals surface area contributed by atoms with Gasteiger partial charge in [0.05, 0.1) is 7.11 Å². The number of carbonyl (C=O) groups is 1. The molecule has 0 aliphatic carbocycles. The molecule has 0 aliphatic rings. The van der Waals surface area contributed by atoms with Crippen LogP contribution in [-0.4, -0.2) is 36.6 Å². The summed E-state index contributed by atoms with van der Waals surface area (Å²) < 4.78 is 0. The normalized spacial score (nSPS) is 9.25. The summed E-state index contributed by atoms with van der Waals surface area (Å²) in [7, 11) is 2.78. The molecule has 5 heteroatoms. The predicted octanol–water partition coefficient (Wildman–Crippen LogP) is 0.456. The molecule has 0 bridgehead atoms. The van der Waals surface area contributed by atoms with Gasteiger partial charge in [-0.1, -0.05) is 0 Å². The molecule has 12 heavy (non-hydrogen) atoms.